The van der Waals surface area contributed by atoms with Crippen LogP contribution in [0.2, 0.25) is 0 Å². The van der Waals surface area contributed by atoms with Crippen LogP contribution >= 0.6 is 0 Å². The van der Waals surface area contributed by atoms with Crippen LogP contribution < -0.4 is 14.8 Å². The summed E-state index contributed by atoms with van der Waals surface area (Å²) in [6.07, 6.45) is 0. The highest BCUT2D eigenvalue weighted by Gasteiger charge is 2.12. The van der Waals surface area contributed by atoms with Crippen molar-refractivity contribution >= 4 is 9.84 Å². The molecule has 1 N–H and O–H groups in total. The lowest BCUT2D eigenvalue weighted by Gasteiger charge is -2.16. The van der Waals surface area contributed by atoms with Gasteiger partial charge in [-0.1, -0.05) is 19.9 Å². The second-order valence-electron chi connectivity index (χ2n) is 4.77. The lowest BCUT2D eigenvalue weighted by Crippen LogP contribution is -2.18. The largest absolute Gasteiger partial charge is 0.493 e. The molecule has 120 valence electrons. The molecular weight excluding hydrogens is 290 g/mol. The standard InChI is InChI=1S/C15H25NO4S/c1-5-16-12(3)13-7-8-14(15(11-13)19-4)20-9-10-21(17,18)6-2/h7-8,11-12,16H,5-6,9-10H2,1-4H3. The normalized spacial score (nSPS) is 13.0. The Morgan fingerprint density at radius 1 is 1.24 bits per heavy atom. The van der Waals surface area contributed by atoms with Gasteiger partial charge in [-0.05, 0) is 31.2 Å². The van der Waals surface area contributed by atoms with Gasteiger partial charge >= 0.3 is 0 Å². The van der Waals surface area contributed by atoms with Gasteiger partial charge in [0.05, 0.1) is 12.9 Å². The topological polar surface area (TPSA) is 64.6 Å². The van der Waals surface area contributed by atoms with E-state index in [1.807, 2.05) is 18.2 Å². The molecule has 1 aromatic carbocycles. The maximum absolute atomic E-state index is 11.4. The first-order valence-corrected chi connectivity index (χ1v) is 9.00. The maximum atomic E-state index is 11.4. The van der Waals surface area contributed by atoms with E-state index in [0.29, 0.717) is 11.5 Å². The number of nitrogens with one attached hydrogen (secondary N) is 1. The second-order valence-corrected chi connectivity index (χ2v) is 7.25. The lowest BCUT2D eigenvalue weighted by molar-refractivity contribution is 0.311. The van der Waals surface area contributed by atoms with Gasteiger partial charge in [0.25, 0.3) is 0 Å². The van der Waals surface area contributed by atoms with Gasteiger partial charge in [0.2, 0.25) is 0 Å². The van der Waals surface area contributed by atoms with E-state index < -0.39 is 9.84 Å². The van der Waals surface area contributed by atoms with Gasteiger partial charge in [-0.15, -0.1) is 0 Å². The Hall–Kier alpha value is -1.27. The quantitative estimate of drug-likeness (QED) is 0.756. The fourth-order valence-electron chi connectivity index (χ4n) is 1.92. The van der Waals surface area contributed by atoms with Crippen LogP contribution in [-0.2, 0) is 9.84 Å². The molecule has 0 fully saturated rings. The Kier molecular flexibility index (Phi) is 6.98. The van der Waals surface area contributed by atoms with E-state index in [9.17, 15) is 8.42 Å². The number of rotatable bonds is 9. The molecule has 0 aliphatic rings. The van der Waals surface area contributed by atoms with Crippen molar-refractivity contribution in [2.75, 3.05) is 31.8 Å². The Morgan fingerprint density at radius 2 is 1.95 bits per heavy atom. The zero-order chi connectivity index (χ0) is 15.9. The molecule has 0 bridgehead atoms. The van der Waals surface area contributed by atoms with Gasteiger partial charge in [-0.2, -0.15) is 0 Å². The summed E-state index contributed by atoms with van der Waals surface area (Å²) in [4.78, 5) is 0. The van der Waals surface area contributed by atoms with Crippen LogP contribution in [0, 0.1) is 0 Å². The van der Waals surface area contributed by atoms with E-state index in [4.69, 9.17) is 9.47 Å². The highest BCUT2D eigenvalue weighted by molar-refractivity contribution is 7.91. The first kappa shape index (κ1) is 17.8. The lowest BCUT2D eigenvalue weighted by atomic mass is 10.1. The molecule has 1 rings (SSSR count). The van der Waals surface area contributed by atoms with Crippen LogP contribution in [0.1, 0.15) is 32.4 Å². The molecule has 0 aromatic heterocycles. The summed E-state index contributed by atoms with van der Waals surface area (Å²) in [6.45, 7) is 6.78. The van der Waals surface area contributed by atoms with Crippen molar-refractivity contribution in [3.8, 4) is 11.5 Å². The second kappa shape index (κ2) is 8.24. The molecular formula is C15H25NO4S. The SMILES string of the molecule is CCNC(C)c1ccc(OCCS(=O)(=O)CC)c(OC)c1. The van der Waals surface area contributed by atoms with Gasteiger partial charge in [0, 0.05) is 11.8 Å². The fraction of sp³-hybridized carbons (Fsp3) is 0.600. The van der Waals surface area contributed by atoms with Crippen molar-refractivity contribution in [2.45, 2.75) is 26.8 Å². The van der Waals surface area contributed by atoms with E-state index in [1.54, 1.807) is 14.0 Å². The molecule has 0 heterocycles. The molecule has 6 heteroatoms. The van der Waals surface area contributed by atoms with Crippen LogP contribution in [0.15, 0.2) is 18.2 Å². The molecule has 0 radical (unpaired) electrons. The minimum Gasteiger partial charge on any atom is -0.493 e. The molecule has 1 aromatic rings. The van der Waals surface area contributed by atoms with Crippen molar-refractivity contribution in [3.63, 3.8) is 0 Å². The van der Waals surface area contributed by atoms with Crippen molar-refractivity contribution in [1.82, 2.24) is 5.32 Å². The number of hydrogen-bond donors (Lipinski definition) is 1. The van der Waals surface area contributed by atoms with E-state index in [1.165, 1.54) is 0 Å². The Morgan fingerprint density at radius 3 is 2.52 bits per heavy atom. The number of sulfone groups is 1. The summed E-state index contributed by atoms with van der Waals surface area (Å²) in [5.74, 6) is 1.33. The van der Waals surface area contributed by atoms with E-state index in [2.05, 4.69) is 19.2 Å². The molecule has 0 amide bonds. The highest BCUT2D eigenvalue weighted by atomic mass is 32.2. The van der Waals surface area contributed by atoms with Crippen molar-refractivity contribution in [2.24, 2.45) is 0 Å². The summed E-state index contributed by atoms with van der Waals surface area (Å²) in [5.41, 5.74) is 1.10. The Bertz CT molecular complexity index is 543. The van der Waals surface area contributed by atoms with Crippen molar-refractivity contribution in [1.29, 1.82) is 0 Å². The molecule has 0 saturated carbocycles. The number of hydrogen-bond acceptors (Lipinski definition) is 5. The monoisotopic (exact) mass is 315 g/mol. The molecule has 0 spiro atoms. The molecule has 1 unspecified atom stereocenters. The van der Waals surface area contributed by atoms with E-state index in [0.717, 1.165) is 12.1 Å². The predicted molar refractivity (Wildman–Crippen MR) is 84.9 cm³/mol. The Labute approximate surface area is 127 Å². The highest BCUT2D eigenvalue weighted by Crippen LogP contribution is 2.30. The number of benzene rings is 1. The zero-order valence-corrected chi connectivity index (χ0v) is 14.0. The first-order valence-electron chi connectivity index (χ1n) is 7.18. The van der Waals surface area contributed by atoms with Crippen LogP contribution in [-0.4, -0.2) is 40.2 Å². The van der Waals surface area contributed by atoms with Crippen LogP contribution in [0.5, 0.6) is 11.5 Å². The van der Waals surface area contributed by atoms with Crippen molar-refractivity contribution < 1.29 is 17.9 Å². The smallest absolute Gasteiger partial charge is 0.161 e. The average Bonchev–Trinajstić information content (AvgIpc) is 2.47. The van der Waals surface area contributed by atoms with E-state index >= 15 is 0 Å². The van der Waals surface area contributed by atoms with Gasteiger partial charge in [0.15, 0.2) is 21.3 Å². The third kappa shape index (κ3) is 5.55. The van der Waals surface area contributed by atoms with E-state index in [-0.39, 0.29) is 24.2 Å². The van der Waals surface area contributed by atoms with Crippen LogP contribution in [0.25, 0.3) is 0 Å². The van der Waals surface area contributed by atoms with Crippen molar-refractivity contribution in [3.05, 3.63) is 23.8 Å². The average molecular weight is 315 g/mol. The molecule has 0 aliphatic carbocycles. The summed E-state index contributed by atoms with van der Waals surface area (Å²) in [7, 11) is -1.44. The molecule has 0 aliphatic heterocycles. The van der Waals surface area contributed by atoms with Gasteiger partial charge in [-0.25, -0.2) is 8.42 Å². The fourth-order valence-corrected chi connectivity index (χ4v) is 2.55. The Balaban J connectivity index is 2.75. The van der Waals surface area contributed by atoms with Gasteiger partial charge in [0.1, 0.15) is 6.61 Å². The third-order valence-electron chi connectivity index (χ3n) is 3.29. The van der Waals surface area contributed by atoms with Crippen LogP contribution in [0.4, 0.5) is 0 Å². The minimum absolute atomic E-state index is 0.0161. The molecule has 21 heavy (non-hydrogen) atoms. The van der Waals surface area contributed by atoms with Crippen LogP contribution in [0.3, 0.4) is 0 Å². The van der Waals surface area contributed by atoms with Gasteiger partial charge in [-0.3, -0.25) is 0 Å². The molecule has 1 atom stereocenters. The maximum Gasteiger partial charge on any atom is 0.161 e. The number of methoxy groups -OCH3 is 1. The summed E-state index contributed by atoms with van der Waals surface area (Å²) in [5, 5.41) is 3.33. The molecule has 0 saturated heterocycles. The van der Waals surface area contributed by atoms with Gasteiger partial charge < -0.3 is 14.8 Å². The third-order valence-corrected chi connectivity index (χ3v) is 4.96. The predicted octanol–water partition coefficient (Wildman–Crippen LogP) is 2.18. The minimum atomic E-state index is -3.01. The summed E-state index contributed by atoms with van der Waals surface area (Å²) >= 11 is 0. The number of ether oxygens (including phenoxy) is 2. The summed E-state index contributed by atoms with van der Waals surface area (Å²) < 4.78 is 33.7. The zero-order valence-electron chi connectivity index (χ0n) is 13.2. The summed E-state index contributed by atoms with van der Waals surface area (Å²) in [6, 6.07) is 5.91. The molecule has 5 nitrogen and oxygen atoms in total. The first-order chi connectivity index (χ1) is 9.93.